The number of likely N-dealkylation sites (N-methyl/N-ethyl adjacent to an activating group) is 1. The van der Waals surface area contributed by atoms with Crippen LogP contribution in [0.15, 0.2) is 42.7 Å². The molecule has 1 aromatic carbocycles. The molecular formula is C16H20N4O4. The predicted octanol–water partition coefficient (Wildman–Crippen LogP) is 1.76. The van der Waals surface area contributed by atoms with Gasteiger partial charge in [-0.2, -0.15) is 5.10 Å². The Kier molecular flexibility index (Phi) is 5.64. The van der Waals surface area contributed by atoms with E-state index in [0.29, 0.717) is 6.54 Å². The van der Waals surface area contributed by atoms with Crippen LogP contribution in [0, 0.1) is 10.1 Å². The summed E-state index contributed by atoms with van der Waals surface area (Å²) in [6.07, 6.45) is 1.50. The smallest absolute Gasteiger partial charge is 0.307 e. The largest absolute Gasteiger partial charge is 0.386 e. The molecule has 1 aromatic heterocycles. The summed E-state index contributed by atoms with van der Waals surface area (Å²) >= 11 is 0. The Labute approximate surface area is 139 Å². The molecule has 8 nitrogen and oxygen atoms in total. The van der Waals surface area contributed by atoms with Crippen LogP contribution in [-0.2, 0) is 11.3 Å². The second kappa shape index (κ2) is 7.69. The zero-order chi connectivity index (χ0) is 17.7. The average molecular weight is 332 g/mol. The molecule has 128 valence electrons. The van der Waals surface area contributed by atoms with Crippen molar-refractivity contribution in [2.45, 2.75) is 32.5 Å². The topological polar surface area (TPSA) is 102 Å². The van der Waals surface area contributed by atoms with Crippen LogP contribution in [-0.4, -0.2) is 43.2 Å². The molecule has 2 aromatic rings. The van der Waals surface area contributed by atoms with Crippen molar-refractivity contribution in [2.24, 2.45) is 0 Å². The number of benzene rings is 1. The number of rotatable bonds is 7. The Bertz CT molecular complexity index is 701. The Morgan fingerprint density at radius 1 is 1.42 bits per heavy atom. The fourth-order valence-electron chi connectivity index (χ4n) is 2.55. The van der Waals surface area contributed by atoms with Crippen molar-refractivity contribution in [2.75, 3.05) is 6.54 Å². The summed E-state index contributed by atoms with van der Waals surface area (Å²) in [6.45, 7) is 3.88. The van der Waals surface area contributed by atoms with Crippen molar-refractivity contribution in [3.8, 4) is 0 Å². The number of nitrogens with zero attached hydrogens (tertiary/aromatic N) is 4. The summed E-state index contributed by atoms with van der Waals surface area (Å²) in [5, 5.41) is 25.0. The molecule has 2 unspecified atom stereocenters. The standard InChI is InChI=1S/C16H20N4O4/c1-3-19(12(2)16(22)13-7-5-4-6-8-13)15(21)11-18-10-14(9-17-18)20(23)24/h4-10,12,16,22H,3,11H2,1-2H3. The minimum absolute atomic E-state index is 0.118. The van der Waals surface area contributed by atoms with Gasteiger partial charge in [0, 0.05) is 6.54 Å². The minimum atomic E-state index is -0.818. The van der Waals surface area contributed by atoms with E-state index in [9.17, 15) is 20.0 Å². The molecule has 2 atom stereocenters. The molecule has 2 rings (SSSR count). The highest BCUT2D eigenvalue weighted by atomic mass is 16.6. The molecule has 0 saturated carbocycles. The third-order valence-corrected chi connectivity index (χ3v) is 3.88. The predicted molar refractivity (Wildman–Crippen MR) is 87.1 cm³/mol. The van der Waals surface area contributed by atoms with Crippen molar-refractivity contribution in [3.63, 3.8) is 0 Å². The van der Waals surface area contributed by atoms with Gasteiger partial charge in [-0.1, -0.05) is 30.3 Å². The summed E-state index contributed by atoms with van der Waals surface area (Å²) in [6, 6.07) is 8.68. The van der Waals surface area contributed by atoms with E-state index < -0.39 is 17.1 Å². The number of carbonyl (C=O) groups excluding carboxylic acids is 1. The van der Waals surface area contributed by atoms with E-state index >= 15 is 0 Å². The maximum atomic E-state index is 12.5. The molecule has 8 heteroatoms. The highest BCUT2D eigenvalue weighted by Gasteiger charge is 2.26. The second-order valence-electron chi connectivity index (χ2n) is 5.43. The third-order valence-electron chi connectivity index (χ3n) is 3.88. The van der Waals surface area contributed by atoms with Crippen molar-refractivity contribution in [3.05, 3.63) is 58.4 Å². The van der Waals surface area contributed by atoms with Crippen LogP contribution in [0.25, 0.3) is 0 Å². The molecule has 0 aliphatic carbocycles. The Hall–Kier alpha value is -2.74. The lowest BCUT2D eigenvalue weighted by atomic mass is 10.0. The third kappa shape index (κ3) is 3.96. The maximum Gasteiger partial charge on any atom is 0.307 e. The molecular weight excluding hydrogens is 312 g/mol. The molecule has 1 N–H and O–H groups in total. The summed E-state index contributed by atoms with van der Waals surface area (Å²) in [4.78, 5) is 24.1. The molecule has 1 heterocycles. The summed E-state index contributed by atoms with van der Waals surface area (Å²) < 4.78 is 1.23. The van der Waals surface area contributed by atoms with Crippen LogP contribution in [0.3, 0.4) is 0 Å². The zero-order valence-electron chi connectivity index (χ0n) is 13.6. The van der Waals surface area contributed by atoms with Crippen LogP contribution in [0.2, 0.25) is 0 Å². The lowest BCUT2D eigenvalue weighted by Crippen LogP contribution is -2.43. The zero-order valence-corrected chi connectivity index (χ0v) is 13.6. The number of aliphatic hydroxyl groups excluding tert-OH is 1. The van der Waals surface area contributed by atoms with Gasteiger partial charge in [-0.05, 0) is 19.4 Å². The minimum Gasteiger partial charge on any atom is -0.386 e. The Morgan fingerprint density at radius 2 is 2.08 bits per heavy atom. The number of nitro groups is 1. The first-order valence-corrected chi connectivity index (χ1v) is 7.63. The first-order valence-electron chi connectivity index (χ1n) is 7.63. The van der Waals surface area contributed by atoms with Crippen molar-refractivity contribution < 1.29 is 14.8 Å². The van der Waals surface area contributed by atoms with E-state index in [1.807, 2.05) is 25.1 Å². The fraction of sp³-hybridized carbons (Fsp3) is 0.375. The van der Waals surface area contributed by atoms with Crippen LogP contribution in [0.1, 0.15) is 25.5 Å². The summed E-state index contributed by atoms with van der Waals surface area (Å²) in [7, 11) is 0. The molecule has 1 amide bonds. The highest BCUT2D eigenvalue weighted by molar-refractivity contribution is 5.76. The van der Waals surface area contributed by atoms with Gasteiger partial charge in [-0.25, -0.2) is 0 Å². The fourth-order valence-corrected chi connectivity index (χ4v) is 2.55. The number of aromatic nitrogens is 2. The lowest BCUT2D eigenvalue weighted by Gasteiger charge is -2.31. The monoisotopic (exact) mass is 332 g/mol. The molecule has 0 bridgehead atoms. The maximum absolute atomic E-state index is 12.5. The van der Waals surface area contributed by atoms with Crippen LogP contribution in [0.4, 0.5) is 5.69 Å². The van der Waals surface area contributed by atoms with Gasteiger partial charge in [0.05, 0.1) is 17.1 Å². The lowest BCUT2D eigenvalue weighted by molar-refractivity contribution is -0.385. The van der Waals surface area contributed by atoms with Crippen LogP contribution < -0.4 is 0 Å². The van der Waals surface area contributed by atoms with Gasteiger partial charge in [0.1, 0.15) is 18.9 Å². The summed E-state index contributed by atoms with van der Waals surface area (Å²) in [5.74, 6) is -0.266. The Morgan fingerprint density at radius 3 is 2.62 bits per heavy atom. The molecule has 0 saturated heterocycles. The molecule has 0 spiro atoms. The van der Waals surface area contributed by atoms with Gasteiger partial charge in [0.25, 0.3) is 0 Å². The van der Waals surface area contributed by atoms with E-state index in [1.165, 1.54) is 15.8 Å². The van der Waals surface area contributed by atoms with E-state index in [1.54, 1.807) is 19.1 Å². The van der Waals surface area contributed by atoms with Gasteiger partial charge in [-0.3, -0.25) is 19.6 Å². The molecule has 0 aliphatic rings. The quantitative estimate of drug-likeness (QED) is 0.615. The second-order valence-corrected chi connectivity index (χ2v) is 5.43. The van der Waals surface area contributed by atoms with Crippen LogP contribution in [0.5, 0.6) is 0 Å². The molecule has 0 fully saturated rings. The van der Waals surface area contributed by atoms with Gasteiger partial charge >= 0.3 is 5.69 Å². The van der Waals surface area contributed by atoms with E-state index in [0.717, 1.165) is 11.8 Å². The number of hydrogen-bond donors (Lipinski definition) is 1. The van der Waals surface area contributed by atoms with Crippen molar-refractivity contribution in [1.29, 1.82) is 0 Å². The van der Waals surface area contributed by atoms with Gasteiger partial charge < -0.3 is 10.0 Å². The first kappa shape index (κ1) is 17.6. The average Bonchev–Trinajstić information content (AvgIpc) is 3.04. The van der Waals surface area contributed by atoms with Gasteiger partial charge in [0.2, 0.25) is 5.91 Å². The van der Waals surface area contributed by atoms with Gasteiger partial charge in [0.15, 0.2) is 0 Å². The number of amides is 1. The number of carbonyl (C=O) groups is 1. The highest BCUT2D eigenvalue weighted by Crippen LogP contribution is 2.21. The van der Waals surface area contributed by atoms with Crippen LogP contribution >= 0.6 is 0 Å². The molecule has 0 radical (unpaired) electrons. The van der Waals surface area contributed by atoms with E-state index in [4.69, 9.17) is 0 Å². The number of aliphatic hydroxyl groups is 1. The Balaban J connectivity index is 2.08. The molecule has 0 aliphatic heterocycles. The number of hydrogen-bond acceptors (Lipinski definition) is 5. The van der Waals surface area contributed by atoms with Crippen molar-refractivity contribution >= 4 is 11.6 Å². The molecule has 24 heavy (non-hydrogen) atoms. The van der Waals surface area contributed by atoms with E-state index in [2.05, 4.69) is 5.10 Å². The summed E-state index contributed by atoms with van der Waals surface area (Å²) in [5.41, 5.74) is 0.564. The normalized spacial score (nSPS) is 13.3. The van der Waals surface area contributed by atoms with Crippen molar-refractivity contribution in [1.82, 2.24) is 14.7 Å². The van der Waals surface area contributed by atoms with E-state index in [-0.39, 0.29) is 18.1 Å². The first-order chi connectivity index (χ1) is 11.4. The van der Waals surface area contributed by atoms with Gasteiger partial charge in [-0.15, -0.1) is 0 Å². The SMILES string of the molecule is CCN(C(=O)Cn1cc([N+](=O)[O-])cn1)C(C)C(O)c1ccccc1.